The highest BCUT2D eigenvalue weighted by molar-refractivity contribution is 7.99. The summed E-state index contributed by atoms with van der Waals surface area (Å²) in [6.45, 7) is 1.83. The molecule has 3 heterocycles. The van der Waals surface area contributed by atoms with Gasteiger partial charge < -0.3 is 4.90 Å². The number of rotatable bonds is 8. The molecular formula is C20H22N6O3S3. The highest BCUT2D eigenvalue weighted by atomic mass is 32.2. The lowest BCUT2D eigenvalue weighted by molar-refractivity contribution is -0.129. The quantitative estimate of drug-likeness (QED) is 0.445. The number of tetrazole rings is 1. The van der Waals surface area contributed by atoms with Crippen molar-refractivity contribution in [2.24, 2.45) is 0 Å². The van der Waals surface area contributed by atoms with Gasteiger partial charge in [0.25, 0.3) is 0 Å². The highest BCUT2D eigenvalue weighted by Gasteiger charge is 2.27. The molecule has 0 aliphatic carbocycles. The van der Waals surface area contributed by atoms with E-state index >= 15 is 0 Å². The number of carbonyl (C=O) groups excluding carboxylic acids is 1. The van der Waals surface area contributed by atoms with Gasteiger partial charge in [0.15, 0.2) is 0 Å². The monoisotopic (exact) mass is 490 g/mol. The summed E-state index contributed by atoms with van der Waals surface area (Å²) in [7, 11) is -3.53. The molecule has 1 aliphatic rings. The van der Waals surface area contributed by atoms with Crippen LogP contribution in [0.3, 0.4) is 0 Å². The number of thiophene rings is 1. The number of hydrogen-bond donors (Lipinski definition) is 0. The molecule has 9 nitrogen and oxygen atoms in total. The summed E-state index contributed by atoms with van der Waals surface area (Å²) in [5.41, 5.74) is 0.823. The molecule has 0 spiro atoms. The fourth-order valence-corrected chi connectivity index (χ4v) is 5.81. The zero-order chi connectivity index (χ0) is 22.4. The minimum atomic E-state index is -3.53. The van der Waals surface area contributed by atoms with Gasteiger partial charge in [-0.15, -0.1) is 16.4 Å². The largest absolute Gasteiger partial charge is 0.339 e. The Morgan fingerprint density at radius 3 is 2.59 bits per heavy atom. The van der Waals surface area contributed by atoms with Crippen molar-refractivity contribution in [3.05, 3.63) is 63.7 Å². The smallest absolute Gasteiger partial charge is 0.236 e. The van der Waals surface area contributed by atoms with E-state index in [0.717, 1.165) is 10.4 Å². The van der Waals surface area contributed by atoms with Gasteiger partial charge in [0, 0.05) is 36.5 Å². The average Bonchev–Trinajstić information content (AvgIpc) is 3.49. The number of benzene rings is 1. The maximum absolute atomic E-state index is 12.6. The highest BCUT2D eigenvalue weighted by Crippen LogP contribution is 2.19. The van der Waals surface area contributed by atoms with Crippen LogP contribution in [0.1, 0.15) is 10.4 Å². The van der Waals surface area contributed by atoms with E-state index in [-0.39, 0.29) is 24.7 Å². The van der Waals surface area contributed by atoms with E-state index in [1.165, 1.54) is 21.5 Å². The van der Waals surface area contributed by atoms with Gasteiger partial charge in [-0.25, -0.2) is 13.1 Å². The summed E-state index contributed by atoms with van der Waals surface area (Å²) in [4.78, 5) is 15.5. The van der Waals surface area contributed by atoms with Crippen LogP contribution in [0.25, 0.3) is 6.08 Å². The summed E-state index contributed by atoms with van der Waals surface area (Å²) >= 11 is 2.91. The summed E-state index contributed by atoms with van der Waals surface area (Å²) in [5, 5.41) is 15.5. The molecule has 1 saturated heterocycles. The van der Waals surface area contributed by atoms with Crippen molar-refractivity contribution in [1.82, 2.24) is 29.4 Å². The molecule has 168 valence electrons. The third kappa shape index (κ3) is 5.82. The molecule has 0 unspecified atom stereocenters. The maximum Gasteiger partial charge on any atom is 0.236 e. The van der Waals surface area contributed by atoms with E-state index < -0.39 is 10.0 Å². The molecule has 0 bridgehead atoms. The van der Waals surface area contributed by atoms with E-state index in [0.29, 0.717) is 24.8 Å². The van der Waals surface area contributed by atoms with Crippen molar-refractivity contribution in [2.75, 3.05) is 31.9 Å². The minimum absolute atomic E-state index is 0.0578. The summed E-state index contributed by atoms with van der Waals surface area (Å²) in [6, 6.07) is 13.3. The lowest BCUT2D eigenvalue weighted by Crippen LogP contribution is -2.50. The fraction of sp³-hybridized carbons (Fsp3) is 0.300. The first-order chi connectivity index (χ1) is 15.5. The van der Waals surface area contributed by atoms with Crippen molar-refractivity contribution in [2.45, 2.75) is 11.7 Å². The van der Waals surface area contributed by atoms with E-state index in [1.54, 1.807) is 27.0 Å². The predicted octanol–water partition coefficient (Wildman–Crippen LogP) is 2.02. The standard InChI is InChI=1S/C20H22N6O3S3/c27-19(16-31-20-21-22-23-26(20)15-18-7-4-13-30-18)24-9-11-25(12-10-24)32(28,29)14-8-17-5-2-1-3-6-17/h1-8,13-14H,9-12,15-16H2/b14-8+. The van der Waals surface area contributed by atoms with Crippen LogP contribution in [0.4, 0.5) is 0 Å². The fourth-order valence-electron chi connectivity index (χ4n) is 3.17. The average molecular weight is 491 g/mol. The Hall–Kier alpha value is -2.54. The Labute approximate surface area is 194 Å². The number of sulfonamides is 1. The van der Waals surface area contributed by atoms with Gasteiger partial charge in [0.05, 0.1) is 12.3 Å². The first-order valence-corrected chi connectivity index (χ1v) is 13.3. The van der Waals surface area contributed by atoms with E-state index in [4.69, 9.17) is 0 Å². The zero-order valence-electron chi connectivity index (χ0n) is 17.1. The molecule has 0 saturated carbocycles. The molecule has 2 aromatic heterocycles. The first kappa shape index (κ1) is 22.6. The molecule has 0 atom stereocenters. The van der Waals surface area contributed by atoms with Crippen LogP contribution >= 0.6 is 23.1 Å². The number of hydrogen-bond acceptors (Lipinski definition) is 8. The van der Waals surface area contributed by atoms with Gasteiger partial charge in [-0.05, 0) is 33.5 Å². The van der Waals surface area contributed by atoms with Crippen molar-refractivity contribution in [3.8, 4) is 0 Å². The van der Waals surface area contributed by atoms with Crippen molar-refractivity contribution < 1.29 is 13.2 Å². The summed E-state index contributed by atoms with van der Waals surface area (Å²) in [6.07, 6.45) is 1.59. The van der Waals surface area contributed by atoms with Crippen LogP contribution in [0.2, 0.25) is 0 Å². The van der Waals surface area contributed by atoms with Gasteiger partial charge >= 0.3 is 0 Å². The second-order valence-electron chi connectivity index (χ2n) is 7.03. The molecular weight excluding hydrogens is 468 g/mol. The Kier molecular flexibility index (Phi) is 7.35. The number of nitrogens with zero attached hydrogens (tertiary/aromatic N) is 6. The molecule has 4 rings (SSSR count). The van der Waals surface area contributed by atoms with E-state index in [2.05, 4.69) is 15.5 Å². The number of piperazine rings is 1. The number of thioether (sulfide) groups is 1. The minimum Gasteiger partial charge on any atom is -0.339 e. The predicted molar refractivity (Wildman–Crippen MR) is 125 cm³/mol. The second-order valence-corrected chi connectivity index (χ2v) is 10.8. The molecule has 0 radical (unpaired) electrons. The Balaban J connectivity index is 1.27. The van der Waals surface area contributed by atoms with Gasteiger partial charge in [-0.2, -0.15) is 4.31 Å². The normalized spacial score (nSPS) is 15.4. The van der Waals surface area contributed by atoms with Crippen LogP contribution in [0, 0.1) is 0 Å². The topological polar surface area (TPSA) is 101 Å². The van der Waals surface area contributed by atoms with Gasteiger partial charge in [0.2, 0.25) is 21.1 Å². The lowest BCUT2D eigenvalue weighted by atomic mass is 10.2. The summed E-state index contributed by atoms with van der Waals surface area (Å²) in [5.74, 6) is 0.142. The Morgan fingerprint density at radius 2 is 1.88 bits per heavy atom. The van der Waals surface area contributed by atoms with E-state index in [9.17, 15) is 13.2 Å². The van der Waals surface area contributed by atoms with Crippen molar-refractivity contribution in [3.63, 3.8) is 0 Å². The van der Waals surface area contributed by atoms with Crippen LogP contribution in [-0.4, -0.2) is 75.7 Å². The van der Waals surface area contributed by atoms with Gasteiger partial charge in [-0.1, -0.05) is 48.2 Å². The molecule has 1 amide bonds. The van der Waals surface area contributed by atoms with Crippen molar-refractivity contribution in [1.29, 1.82) is 0 Å². The molecule has 1 aromatic carbocycles. The molecule has 32 heavy (non-hydrogen) atoms. The van der Waals surface area contributed by atoms with Crippen LogP contribution in [-0.2, 0) is 21.4 Å². The van der Waals surface area contributed by atoms with Crippen LogP contribution in [0.15, 0.2) is 58.4 Å². The first-order valence-electron chi connectivity index (χ1n) is 9.94. The molecule has 1 fully saturated rings. The summed E-state index contributed by atoms with van der Waals surface area (Å²) < 4.78 is 28.3. The van der Waals surface area contributed by atoms with Gasteiger partial charge in [0.1, 0.15) is 0 Å². The van der Waals surface area contributed by atoms with Gasteiger partial charge in [-0.3, -0.25) is 4.79 Å². The zero-order valence-corrected chi connectivity index (χ0v) is 19.6. The lowest BCUT2D eigenvalue weighted by Gasteiger charge is -2.33. The molecule has 12 heteroatoms. The third-order valence-corrected chi connectivity index (χ3v) is 8.26. The molecule has 1 aliphatic heterocycles. The van der Waals surface area contributed by atoms with Crippen LogP contribution < -0.4 is 0 Å². The number of amides is 1. The molecule has 3 aromatic rings. The van der Waals surface area contributed by atoms with Crippen LogP contribution in [0.5, 0.6) is 0 Å². The maximum atomic E-state index is 12.6. The van der Waals surface area contributed by atoms with E-state index in [1.807, 2.05) is 47.8 Å². The Bertz CT molecular complexity index is 1150. The Morgan fingerprint density at radius 1 is 1.09 bits per heavy atom. The second kappa shape index (κ2) is 10.4. The SMILES string of the molecule is O=C(CSc1nnnn1Cc1cccs1)N1CCN(S(=O)(=O)/C=C/c2ccccc2)CC1. The molecule has 0 N–H and O–H groups in total. The number of carbonyl (C=O) groups is 1. The number of aromatic nitrogens is 4. The van der Waals surface area contributed by atoms with Crippen molar-refractivity contribution >= 4 is 45.1 Å². The third-order valence-electron chi connectivity index (χ3n) is 4.89.